The van der Waals surface area contributed by atoms with Crippen LogP contribution in [0, 0.1) is 13.8 Å². The molecular formula is C12H15N3O3S. The van der Waals surface area contributed by atoms with Gasteiger partial charge in [-0.2, -0.15) is 0 Å². The molecule has 3 N–H and O–H groups in total. The zero-order valence-corrected chi connectivity index (χ0v) is 11.5. The predicted molar refractivity (Wildman–Crippen MR) is 73.1 cm³/mol. The van der Waals surface area contributed by atoms with Gasteiger partial charge >= 0.3 is 0 Å². The fraction of sp³-hybridized carbons (Fsp3) is 0.250. The highest BCUT2D eigenvalue weighted by Gasteiger charge is 2.16. The van der Waals surface area contributed by atoms with Crippen molar-refractivity contribution < 1.29 is 12.9 Å². The summed E-state index contributed by atoms with van der Waals surface area (Å²) in [5.74, 6) is 0.337. The summed E-state index contributed by atoms with van der Waals surface area (Å²) in [6.45, 7) is 3.46. The Kier molecular flexibility index (Phi) is 3.48. The number of sulfonamides is 1. The molecule has 2 rings (SSSR count). The summed E-state index contributed by atoms with van der Waals surface area (Å²) in [5.41, 5.74) is 7.81. The van der Waals surface area contributed by atoms with E-state index in [0.717, 1.165) is 0 Å². The first kappa shape index (κ1) is 13.4. The third-order valence-corrected chi connectivity index (χ3v) is 3.86. The normalized spacial score (nSPS) is 11.5. The van der Waals surface area contributed by atoms with Gasteiger partial charge in [-0.25, -0.2) is 8.42 Å². The number of aryl methyl sites for hydroxylation is 1. The van der Waals surface area contributed by atoms with Gasteiger partial charge in [0.1, 0.15) is 17.2 Å². The zero-order chi connectivity index (χ0) is 14.0. The van der Waals surface area contributed by atoms with Crippen LogP contribution in [-0.2, 0) is 15.8 Å². The molecule has 1 heterocycles. The second-order valence-corrected chi connectivity index (χ2v) is 6.03. The maximum Gasteiger partial charge on any atom is 0.238 e. The number of nitrogens with two attached hydrogens (primary N) is 1. The molecule has 2 aromatic rings. The Hall–Kier alpha value is -2.02. The molecule has 102 valence electrons. The number of benzene rings is 1. The molecule has 1 aromatic carbocycles. The number of nitrogen functional groups attached to an aromatic ring is 1. The van der Waals surface area contributed by atoms with Gasteiger partial charge in [0.15, 0.2) is 0 Å². The molecule has 0 aliphatic carbocycles. The summed E-state index contributed by atoms with van der Waals surface area (Å²) in [4.78, 5) is 0. The van der Waals surface area contributed by atoms with Crippen molar-refractivity contribution >= 4 is 21.4 Å². The first-order valence-electron chi connectivity index (χ1n) is 5.65. The molecule has 6 nitrogen and oxygen atoms in total. The van der Waals surface area contributed by atoms with Crippen molar-refractivity contribution in [1.82, 2.24) is 5.16 Å². The van der Waals surface area contributed by atoms with Crippen molar-refractivity contribution in [3.63, 3.8) is 0 Å². The van der Waals surface area contributed by atoms with E-state index < -0.39 is 10.0 Å². The van der Waals surface area contributed by atoms with Gasteiger partial charge in [-0.3, -0.25) is 4.72 Å². The van der Waals surface area contributed by atoms with Crippen LogP contribution in [0.2, 0.25) is 0 Å². The number of hydrogen-bond donors (Lipinski definition) is 2. The molecule has 0 bridgehead atoms. The molecule has 0 amide bonds. The first-order valence-corrected chi connectivity index (χ1v) is 7.30. The van der Waals surface area contributed by atoms with E-state index in [0.29, 0.717) is 28.4 Å². The summed E-state index contributed by atoms with van der Waals surface area (Å²) in [6, 6.07) is 6.66. The molecule has 0 spiro atoms. The summed E-state index contributed by atoms with van der Waals surface area (Å²) in [7, 11) is -3.54. The van der Waals surface area contributed by atoms with Crippen molar-refractivity contribution in [2.45, 2.75) is 19.6 Å². The van der Waals surface area contributed by atoms with E-state index in [9.17, 15) is 8.42 Å². The largest absolute Gasteiger partial charge is 0.398 e. The van der Waals surface area contributed by atoms with Crippen LogP contribution in [0.15, 0.2) is 28.8 Å². The molecule has 0 aliphatic heterocycles. The van der Waals surface area contributed by atoms with Gasteiger partial charge in [-0.1, -0.05) is 11.2 Å². The molecule has 19 heavy (non-hydrogen) atoms. The maximum atomic E-state index is 12.0. The van der Waals surface area contributed by atoms with Crippen LogP contribution in [0.4, 0.5) is 11.4 Å². The van der Waals surface area contributed by atoms with Crippen molar-refractivity contribution in [3.05, 3.63) is 41.3 Å². The lowest BCUT2D eigenvalue weighted by Crippen LogP contribution is -2.16. The van der Waals surface area contributed by atoms with Gasteiger partial charge in [-0.05, 0) is 31.5 Å². The molecule has 0 saturated heterocycles. The van der Waals surface area contributed by atoms with Crippen molar-refractivity contribution in [2.75, 3.05) is 10.5 Å². The summed E-state index contributed by atoms with van der Waals surface area (Å²) in [6.07, 6.45) is 0. The number of nitrogens with one attached hydrogen (secondary N) is 1. The van der Waals surface area contributed by atoms with E-state index >= 15 is 0 Å². The van der Waals surface area contributed by atoms with E-state index in [1.807, 2.05) is 0 Å². The topological polar surface area (TPSA) is 98.2 Å². The molecule has 0 atom stereocenters. The van der Waals surface area contributed by atoms with Gasteiger partial charge in [-0.15, -0.1) is 0 Å². The molecule has 0 unspecified atom stereocenters. The number of nitrogens with zero attached hydrogens (tertiary/aromatic N) is 1. The molecule has 1 aromatic heterocycles. The molecular weight excluding hydrogens is 266 g/mol. The van der Waals surface area contributed by atoms with E-state index in [1.54, 1.807) is 38.1 Å². The standard InChI is InChI=1S/C12H15N3O3S/c1-8-6-10(14-18-8)7-19(16,17)15-12-5-3-4-11(13)9(12)2/h3-6,15H,7,13H2,1-2H3. The van der Waals surface area contributed by atoms with Crippen molar-refractivity contribution in [3.8, 4) is 0 Å². The Labute approximate surface area is 111 Å². The van der Waals surface area contributed by atoms with Gasteiger partial charge in [0.05, 0.1) is 5.69 Å². The van der Waals surface area contributed by atoms with Gasteiger partial charge < -0.3 is 10.3 Å². The van der Waals surface area contributed by atoms with Crippen LogP contribution >= 0.6 is 0 Å². The van der Waals surface area contributed by atoms with Crippen molar-refractivity contribution in [1.29, 1.82) is 0 Å². The Balaban J connectivity index is 2.19. The Bertz CT molecular complexity index is 692. The average Bonchev–Trinajstić information content (AvgIpc) is 2.69. The van der Waals surface area contributed by atoms with Gasteiger partial charge in [0, 0.05) is 11.8 Å². The Morgan fingerprint density at radius 3 is 2.74 bits per heavy atom. The quantitative estimate of drug-likeness (QED) is 0.833. The lowest BCUT2D eigenvalue weighted by molar-refractivity contribution is 0.392. The second kappa shape index (κ2) is 4.93. The smallest absolute Gasteiger partial charge is 0.238 e. The lowest BCUT2D eigenvalue weighted by atomic mass is 10.2. The van der Waals surface area contributed by atoms with Crippen molar-refractivity contribution in [2.24, 2.45) is 0 Å². The van der Waals surface area contributed by atoms with Crippen LogP contribution < -0.4 is 10.5 Å². The van der Waals surface area contributed by atoms with E-state index in [2.05, 4.69) is 9.88 Å². The average molecular weight is 281 g/mol. The number of rotatable bonds is 4. The van der Waals surface area contributed by atoms with E-state index in [1.165, 1.54) is 0 Å². The number of hydrogen-bond acceptors (Lipinski definition) is 5. The molecule has 0 fully saturated rings. The summed E-state index contributed by atoms with van der Waals surface area (Å²) >= 11 is 0. The highest BCUT2D eigenvalue weighted by atomic mass is 32.2. The minimum absolute atomic E-state index is 0.238. The zero-order valence-electron chi connectivity index (χ0n) is 10.7. The van der Waals surface area contributed by atoms with Crippen LogP contribution in [0.3, 0.4) is 0 Å². The number of anilines is 2. The Morgan fingerprint density at radius 2 is 2.11 bits per heavy atom. The van der Waals surface area contributed by atoms with Crippen LogP contribution in [0.5, 0.6) is 0 Å². The minimum atomic E-state index is -3.54. The summed E-state index contributed by atoms with van der Waals surface area (Å²) < 4.78 is 31.4. The fourth-order valence-electron chi connectivity index (χ4n) is 1.65. The van der Waals surface area contributed by atoms with Crippen LogP contribution in [0.25, 0.3) is 0 Å². The van der Waals surface area contributed by atoms with E-state index in [-0.39, 0.29) is 5.75 Å². The highest BCUT2D eigenvalue weighted by Crippen LogP contribution is 2.22. The summed E-state index contributed by atoms with van der Waals surface area (Å²) in [5, 5.41) is 3.66. The minimum Gasteiger partial charge on any atom is -0.398 e. The van der Waals surface area contributed by atoms with Gasteiger partial charge in [0.25, 0.3) is 0 Å². The second-order valence-electron chi connectivity index (χ2n) is 4.31. The highest BCUT2D eigenvalue weighted by molar-refractivity contribution is 7.91. The molecule has 7 heteroatoms. The van der Waals surface area contributed by atoms with Gasteiger partial charge in [0.2, 0.25) is 10.0 Å². The third-order valence-electron chi connectivity index (χ3n) is 2.66. The third kappa shape index (κ3) is 3.25. The predicted octanol–water partition coefficient (Wildman–Crippen LogP) is 1.82. The van der Waals surface area contributed by atoms with E-state index in [4.69, 9.17) is 10.3 Å². The fourth-order valence-corrected chi connectivity index (χ4v) is 2.80. The monoisotopic (exact) mass is 281 g/mol. The first-order chi connectivity index (χ1) is 8.87. The maximum absolute atomic E-state index is 12.0. The molecule has 0 aliphatic rings. The van der Waals surface area contributed by atoms with Crippen LogP contribution in [0.1, 0.15) is 17.0 Å². The SMILES string of the molecule is Cc1cc(CS(=O)(=O)Nc2cccc(N)c2C)no1. The van der Waals surface area contributed by atoms with Crippen LogP contribution in [-0.4, -0.2) is 13.6 Å². The molecule has 0 radical (unpaired) electrons. The number of aromatic nitrogens is 1. The molecule has 0 saturated carbocycles. The lowest BCUT2D eigenvalue weighted by Gasteiger charge is -2.10. The Morgan fingerprint density at radius 1 is 1.37 bits per heavy atom.